The number of halogens is 1. The lowest BCUT2D eigenvalue weighted by molar-refractivity contribution is 0.0983. The molecule has 1 aliphatic rings. The van der Waals surface area contributed by atoms with Gasteiger partial charge in [-0.1, -0.05) is 12.1 Å². The molecular weight excluding hydrogens is 271 g/mol. The Labute approximate surface area is 122 Å². The number of carbonyl (C=O) groups excluding carboxylic acids is 1. The zero-order valence-corrected chi connectivity index (χ0v) is 11.6. The lowest BCUT2D eigenvalue weighted by Crippen LogP contribution is -2.42. The fourth-order valence-electron chi connectivity index (χ4n) is 2.54. The Bertz CT molecular complexity index is 702. The molecule has 5 heteroatoms. The van der Waals surface area contributed by atoms with E-state index in [1.165, 1.54) is 6.07 Å². The van der Waals surface area contributed by atoms with Gasteiger partial charge in [0.1, 0.15) is 11.6 Å². The van der Waals surface area contributed by atoms with Crippen molar-refractivity contribution in [2.24, 2.45) is 0 Å². The fraction of sp³-hybridized carbons (Fsp3) is 0.188. The first-order valence-electron chi connectivity index (χ1n) is 6.68. The highest BCUT2D eigenvalue weighted by molar-refractivity contribution is 6.09. The summed E-state index contributed by atoms with van der Waals surface area (Å²) in [6.45, 7) is 1.17. The van der Waals surface area contributed by atoms with Crippen LogP contribution >= 0.6 is 0 Å². The molecule has 4 nitrogen and oxygen atoms in total. The van der Waals surface area contributed by atoms with Gasteiger partial charge in [-0.3, -0.25) is 4.79 Å². The van der Waals surface area contributed by atoms with Crippen molar-refractivity contribution in [1.82, 2.24) is 0 Å². The Balaban J connectivity index is 2.03. The van der Waals surface area contributed by atoms with Gasteiger partial charge in [0.15, 0.2) is 0 Å². The minimum atomic E-state index is -0.543. The average Bonchev–Trinajstić information content (AvgIpc) is 2.50. The highest BCUT2D eigenvalue weighted by Crippen LogP contribution is 2.33. The van der Waals surface area contributed by atoms with Crippen molar-refractivity contribution < 1.29 is 14.3 Å². The predicted octanol–water partition coefficient (Wildman–Crippen LogP) is 2.63. The summed E-state index contributed by atoms with van der Waals surface area (Å²) in [6, 6.07) is 10.9. The minimum Gasteiger partial charge on any atom is -0.507 e. The summed E-state index contributed by atoms with van der Waals surface area (Å²) < 4.78 is 13.3. The lowest BCUT2D eigenvalue weighted by Gasteiger charge is -2.35. The second kappa shape index (κ2) is 5.09. The zero-order valence-electron chi connectivity index (χ0n) is 11.6. The first-order valence-corrected chi connectivity index (χ1v) is 6.68. The van der Waals surface area contributed by atoms with Gasteiger partial charge in [0.05, 0.1) is 16.9 Å². The van der Waals surface area contributed by atoms with E-state index in [0.717, 1.165) is 23.5 Å². The topological polar surface area (TPSA) is 43.8 Å². The van der Waals surface area contributed by atoms with E-state index in [9.17, 15) is 14.3 Å². The monoisotopic (exact) mass is 286 g/mol. The maximum absolute atomic E-state index is 13.3. The third-order valence-electron chi connectivity index (χ3n) is 3.68. The van der Waals surface area contributed by atoms with E-state index in [0.29, 0.717) is 13.1 Å². The van der Waals surface area contributed by atoms with Gasteiger partial charge in [-0.2, -0.15) is 0 Å². The molecule has 0 atom stereocenters. The number of phenols is 1. The third kappa shape index (κ3) is 2.31. The number of hydrogen-bond donors (Lipinski definition) is 1. The molecular formula is C16H15FN2O2. The van der Waals surface area contributed by atoms with E-state index >= 15 is 0 Å². The molecule has 0 aromatic heterocycles. The first kappa shape index (κ1) is 13.4. The molecule has 0 spiro atoms. The summed E-state index contributed by atoms with van der Waals surface area (Å²) in [4.78, 5) is 16.3. The van der Waals surface area contributed by atoms with Gasteiger partial charge in [0.25, 0.3) is 5.91 Å². The molecule has 3 rings (SSSR count). The van der Waals surface area contributed by atoms with Crippen molar-refractivity contribution in [1.29, 1.82) is 0 Å². The van der Waals surface area contributed by atoms with Crippen molar-refractivity contribution in [3.63, 3.8) is 0 Å². The SMILES string of the molecule is CN1CCN(C(=O)c2cc(F)ccc2O)c2ccccc21. The Hall–Kier alpha value is -2.56. The van der Waals surface area contributed by atoms with Gasteiger partial charge in [0, 0.05) is 20.1 Å². The van der Waals surface area contributed by atoms with Crippen molar-refractivity contribution in [3.8, 4) is 5.75 Å². The molecule has 1 amide bonds. The summed E-state index contributed by atoms with van der Waals surface area (Å²) in [5.41, 5.74) is 1.68. The van der Waals surface area contributed by atoms with Crippen LogP contribution in [0.1, 0.15) is 10.4 Å². The number of amides is 1. The molecule has 2 aromatic rings. The average molecular weight is 286 g/mol. The van der Waals surface area contributed by atoms with Crippen LogP contribution in [-0.2, 0) is 0 Å². The number of para-hydroxylation sites is 2. The summed E-state index contributed by atoms with van der Waals surface area (Å²) in [7, 11) is 1.96. The van der Waals surface area contributed by atoms with E-state index in [-0.39, 0.29) is 11.3 Å². The summed E-state index contributed by atoms with van der Waals surface area (Å²) in [5, 5.41) is 9.81. The number of likely N-dealkylation sites (N-methyl/N-ethyl adjacent to an activating group) is 1. The molecule has 108 valence electrons. The van der Waals surface area contributed by atoms with E-state index in [4.69, 9.17) is 0 Å². The summed E-state index contributed by atoms with van der Waals surface area (Å²) in [6.07, 6.45) is 0. The van der Waals surface area contributed by atoms with E-state index in [1.807, 2.05) is 31.3 Å². The molecule has 1 aliphatic heterocycles. The molecule has 0 unspecified atom stereocenters. The third-order valence-corrected chi connectivity index (χ3v) is 3.68. The molecule has 0 aliphatic carbocycles. The molecule has 0 radical (unpaired) electrons. The van der Waals surface area contributed by atoms with E-state index in [2.05, 4.69) is 4.90 Å². The van der Waals surface area contributed by atoms with Crippen LogP contribution in [0, 0.1) is 5.82 Å². The largest absolute Gasteiger partial charge is 0.507 e. The molecule has 21 heavy (non-hydrogen) atoms. The fourth-order valence-corrected chi connectivity index (χ4v) is 2.54. The number of fused-ring (bicyclic) bond motifs is 1. The lowest BCUT2D eigenvalue weighted by atomic mass is 10.1. The van der Waals surface area contributed by atoms with Crippen LogP contribution in [0.5, 0.6) is 5.75 Å². The Morgan fingerprint density at radius 1 is 1.14 bits per heavy atom. The molecule has 2 aromatic carbocycles. The first-order chi connectivity index (χ1) is 10.1. The number of benzene rings is 2. The maximum atomic E-state index is 13.3. The van der Waals surface area contributed by atoms with Crippen molar-refractivity contribution in [2.45, 2.75) is 0 Å². The molecule has 1 heterocycles. The molecule has 1 N–H and O–H groups in total. The van der Waals surface area contributed by atoms with Crippen LogP contribution in [0.4, 0.5) is 15.8 Å². The Morgan fingerprint density at radius 3 is 2.62 bits per heavy atom. The maximum Gasteiger partial charge on any atom is 0.262 e. The number of aromatic hydroxyl groups is 1. The van der Waals surface area contributed by atoms with Crippen molar-refractivity contribution in [2.75, 3.05) is 29.9 Å². The molecule has 0 saturated carbocycles. The second-order valence-corrected chi connectivity index (χ2v) is 5.03. The van der Waals surface area contributed by atoms with Gasteiger partial charge in [-0.25, -0.2) is 4.39 Å². The normalized spacial score (nSPS) is 14.0. The number of anilines is 2. The van der Waals surface area contributed by atoms with Crippen LogP contribution < -0.4 is 9.80 Å². The number of hydrogen-bond acceptors (Lipinski definition) is 3. The highest BCUT2D eigenvalue weighted by Gasteiger charge is 2.27. The van der Waals surface area contributed by atoms with Gasteiger partial charge in [-0.05, 0) is 30.3 Å². The number of rotatable bonds is 1. The highest BCUT2D eigenvalue weighted by atomic mass is 19.1. The smallest absolute Gasteiger partial charge is 0.262 e. The number of carbonyl (C=O) groups is 1. The van der Waals surface area contributed by atoms with Gasteiger partial charge in [-0.15, -0.1) is 0 Å². The Kier molecular flexibility index (Phi) is 3.25. The van der Waals surface area contributed by atoms with Gasteiger partial charge in [0.2, 0.25) is 0 Å². The quantitative estimate of drug-likeness (QED) is 0.876. The number of phenolic OH excluding ortho intramolecular Hbond substituents is 1. The van der Waals surface area contributed by atoms with Crippen LogP contribution in [-0.4, -0.2) is 31.2 Å². The summed E-state index contributed by atoms with van der Waals surface area (Å²) >= 11 is 0. The Morgan fingerprint density at radius 2 is 1.86 bits per heavy atom. The van der Waals surface area contributed by atoms with Crippen LogP contribution in [0.2, 0.25) is 0 Å². The zero-order chi connectivity index (χ0) is 15.0. The van der Waals surface area contributed by atoms with Crippen LogP contribution in [0.15, 0.2) is 42.5 Å². The van der Waals surface area contributed by atoms with Crippen molar-refractivity contribution >= 4 is 17.3 Å². The standard InChI is InChI=1S/C16H15FN2O2/c1-18-8-9-19(14-5-3-2-4-13(14)18)16(21)12-10-11(17)6-7-15(12)20/h2-7,10,20H,8-9H2,1H3. The minimum absolute atomic E-state index is 0.0191. The van der Waals surface area contributed by atoms with E-state index in [1.54, 1.807) is 4.90 Å². The van der Waals surface area contributed by atoms with Gasteiger partial charge >= 0.3 is 0 Å². The molecule has 0 saturated heterocycles. The predicted molar refractivity (Wildman–Crippen MR) is 79.5 cm³/mol. The van der Waals surface area contributed by atoms with Crippen LogP contribution in [0.3, 0.4) is 0 Å². The number of nitrogens with zero attached hydrogens (tertiary/aromatic N) is 2. The van der Waals surface area contributed by atoms with Gasteiger partial charge < -0.3 is 14.9 Å². The summed E-state index contributed by atoms with van der Waals surface area (Å²) in [5.74, 6) is -1.15. The second-order valence-electron chi connectivity index (χ2n) is 5.03. The van der Waals surface area contributed by atoms with Crippen molar-refractivity contribution in [3.05, 3.63) is 53.8 Å². The molecule has 0 bridgehead atoms. The van der Waals surface area contributed by atoms with E-state index < -0.39 is 11.7 Å². The van der Waals surface area contributed by atoms with Crippen LogP contribution in [0.25, 0.3) is 0 Å². The molecule has 0 fully saturated rings.